The molecule has 0 spiro atoms. The SMILES string of the molecule is CC(=O)N1CCc2cc(-c3ccc4c(c3)C(=O)CCC4)ccc21. The molecule has 3 nitrogen and oxygen atoms in total. The number of hydrogen-bond donors (Lipinski definition) is 0. The molecule has 2 aromatic carbocycles. The second-order valence-electron chi connectivity index (χ2n) is 6.41. The van der Waals surface area contributed by atoms with Crippen molar-refractivity contribution in [1.82, 2.24) is 0 Å². The second-order valence-corrected chi connectivity index (χ2v) is 6.41. The fraction of sp³-hybridized carbons (Fsp3) is 0.300. The molecule has 2 aromatic rings. The monoisotopic (exact) mass is 305 g/mol. The van der Waals surface area contributed by atoms with E-state index in [0.29, 0.717) is 6.42 Å². The van der Waals surface area contributed by atoms with Crippen LogP contribution >= 0.6 is 0 Å². The van der Waals surface area contributed by atoms with Crippen molar-refractivity contribution in [2.24, 2.45) is 0 Å². The molecule has 2 aliphatic rings. The van der Waals surface area contributed by atoms with E-state index in [0.717, 1.165) is 48.2 Å². The molecule has 1 aliphatic heterocycles. The highest BCUT2D eigenvalue weighted by atomic mass is 16.2. The van der Waals surface area contributed by atoms with Gasteiger partial charge in [-0.25, -0.2) is 0 Å². The predicted octanol–water partition coefficient (Wildman–Crippen LogP) is 3.78. The number of Topliss-reactive ketones (excluding diaryl/α,β-unsaturated/α-hetero) is 1. The Kier molecular flexibility index (Phi) is 3.29. The van der Waals surface area contributed by atoms with Gasteiger partial charge in [0.25, 0.3) is 0 Å². The molecule has 4 rings (SSSR count). The van der Waals surface area contributed by atoms with Crippen LogP contribution in [-0.2, 0) is 17.6 Å². The maximum atomic E-state index is 12.1. The molecule has 23 heavy (non-hydrogen) atoms. The minimum Gasteiger partial charge on any atom is -0.312 e. The first-order valence-electron chi connectivity index (χ1n) is 8.21. The molecule has 0 atom stereocenters. The highest BCUT2D eigenvalue weighted by Gasteiger charge is 2.23. The average Bonchev–Trinajstić information content (AvgIpc) is 2.98. The Bertz CT molecular complexity index is 822. The Hall–Kier alpha value is -2.42. The van der Waals surface area contributed by atoms with Gasteiger partial charge in [-0.2, -0.15) is 0 Å². The molecule has 0 saturated carbocycles. The van der Waals surface area contributed by atoms with E-state index < -0.39 is 0 Å². The molecule has 0 N–H and O–H groups in total. The van der Waals surface area contributed by atoms with Gasteiger partial charge in [-0.1, -0.05) is 18.2 Å². The first kappa shape index (κ1) is 14.2. The van der Waals surface area contributed by atoms with Gasteiger partial charge in [-0.15, -0.1) is 0 Å². The van der Waals surface area contributed by atoms with Crippen LogP contribution in [-0.4, -0.2) is 18.2 Å². The van der Waals surface area contributed by atoms with Crippen LogP contribution in [0.2, 0.25) is 0 Å². The summed E-state index contributed by atoms with van der Waals surface area (Å²) >= 11 is 0. The number of hydrogen-bond acceptors (Lipinski definition) is 2. The maximum Gasteiger partial charge on any atom is 0.223 e. The number of aryl methyl sites for hydroxylation is 1. The van der Waals surface area contributed by atoms with Crippen LogP contribution in [0.1, 0.15) is 41.3 Å². The lowest BCUT2D eigenvalue weighted by atomic mass is 9.88. The summed E-state index contributed by atoms with van der Waals surface area (Å²) in [6.07, 6.45) is 3.52. The van der Waals surface area contributed by atoms with Gasteiger partial charge >= 0.3 is 0 Å². The van der Waals surface area contributed by atoms with Gasteiger partial charge < -0.3 is 4.90 Å². The van der Waals surface area contributed by atoms with Gasteiger partial charge in [-0.3, -0.25) is 9.59 Å². The van der Waals surface area contributed by atoms with Crippen LogP contribution in [0.4, 0.5) is 5.69 Å². The zero-order chi connectivity index (χ0) is 16.0. The summed E-state index contributed by atoms with van der Waals surface area (Å²) in [5, 5.41) is 0. The molecule has 0 fully saturated rings. The summed E-state index contributed by atoms with van der Waals surface area (Å²) in [5.41, 5.74) is 6.50. The number of carbonyl (C=O) groups is 2. The van der Waals surface area contributed by atoms with Gasteiger partial charge in [0.1, 0.15) is 0 Å². The van der Waals surface area contributed by atoms with Gasteiger partial charge in [0.05, 0.1) is 0 Å². The molecule has 0 unspecified atom stereocenters. The number of benzene rings is 2. The smallest absolute Gasteiger partial charge is 0.223 e. The largest absolute Gasteiger partial charge is 0.312 e. The van der Waals surface area contributed by atoms with E-state index in [1.165, 1.54) is 11.1 Å². The normalized spacial score (nSPS) is 16.2. The van der Waals surface area contributed by atoms with Crippen LogP contribution < -0.4 is 4.90 Å². The summed E-state index contributed by atoms with van der Waals surface area (Å²) in [6, 6.07) is 12.5. The van der Waals surface area contributed by atoms with Crippen LogP contribution in [0, 0.1) is 0 Å². The number of carbonyl (C=O) groups excluding carboxylic acids is 2. The number of nitrogens with zero attached hydrogens (tertiary/aromatic N) is 1. The third kappa shape index (κ3) is 2.37. The van der Waals surface area contributed by atoms with E-state index in [4.69, 9.17) is 0 Å². The molecular weight excluding hydrogens is 286 g/mol. The van der Waals surface area contributed by atoms with Crippen molar-refractivity contribution >= 4 is 17.4 Å². The van der Waals surface area contributed by atoms with Crippen molar-refractivity contribution in [3.05, 3.63) is 53.1 Å². The second kappa shape index (κ2) is 5.34. The predicted molar refractivity (Wildman–Crippen MR) is 90.9 cm³/mol. The van der Waals surface area contributed by atoms with Crippen molar-refractivity contribution in [2.75, 3.05) is 11.4 Å². The molecule has 1 heterocycles. The first-order valence-corrected chi connectivity index (χ1v) is 8.21. The van der Waals surface area contributed by atoms with Crippen LogP contribution in [0.25, 0.3) is 11.1 Å². The zero-order valence-electron chi connectivity index (χ0n) is 13.3. The Morgan fingerprint density at radius 2 is 1.74 bits per heavy atom. The summed E-state index contributed by atoms with van der Waals surface area (Å²) in [6.45, 7) is 2.37. The fourth-order valence-corrected chi connectivity index (χ4v) is 3.72. The lowest BCUT2D eigenvalue weighted by molar-refractivity contribution is -0.116. The molecule has 116 valence electrons. The lowest BCUT2D eigenvalue weighted by Gasteiger charge is -2.17. The summed E-state index contributed by atoms with van der Waals surface area (Å²) in [5.74, 6) is 0.355. The van der Waals surface area contributed by atoms with Crippen LogP contribution in [0.5, 0.6) is 0 Å². The van der Waals surface area contributed by atoms with Crippen LogP contribution in [0.3, 0.4) is 0 Å². The van der Waals surface area contributed by atoms with E-state index in [-0.39, 0.29) is 11.7 Å². The van der Waals surface area contributed by atoms with Crippen molar-refractivity contribution in [1.29, 1.82) is 0 Å². The van der Waals surface area contributed by atoms with Crippen molar-refractivity contribution in [3.8, 4) is 11.1 Å². The van der Waals surface area contributed by atoms with E-state index in [2.05, 4.69) is 24.3 Å². The van der Waals surface area contributed by atoms with E-state index in [1.807, 2.05) is 17.0 Å². The number of rotatable bonds is 1. The highest BCUT2D eigenvalue weighted by molar-refractivity contribution is 5.99. The quantitative estimate of drug-likeness (QED) is 0.804. The topological polar surface area (TPSA) is 37.4 Å². The zero-order valence-corrected chi connectivity index (χ0v) is 13.3. The molecule has 0 bridgehead atoms. The number of amides is 1. The fourth-order valence-electron chi connectivity index (χ4n) is 3.72. The van der Waals surface area contributed by atoms with Crippen molar-refractivity contribution in [2.45, 2.75) is 32.6 Å². The third-order valence-electron chi connectivity index (χ3n) is 4.95. The Morgan fingerprint density at radius 1 is 0.957 bits per heavy atom. The Morgan fingerprint density at radius 3 is 2.57 bits per heavy atom. The molecule has 0 saturated heterocycles. The third-order valence-corrected chi connectivity index (χ3v) is 4.95. The van der Waals surface area contributed by atoms with Crippen molar-refractivity contribution < 1.29 is 9.59 Å². The van der Waals surface area contributed by atoms with Gasteiger partial charge in [0.15, 0.2) is 5.78 Å². The average molecular weight is 305 g/mol. The molecule has 1 amide bonds. The lowest BCUT2D eigenvalue weighted by Crippen LogP contribution is -2.25. The minimum atomic E-state index is 0.0934. The summed E-state index contributed by atoms with van der Waals surface area (Å²) in [4.78, 5) is 25.6. The standard InChI is InChI=1S/C20H19NO2/c1-13(22)21-10-9-17-11-15(7-8-19(17)21)16-6-5-14-3-2-4-20(23)18(14)12-16/h5-8,11-12H,2-4,9-10H2,1H3. The first-order chi connectivity index (χ1) is 11.1. The maximum absolute atomic E-state index is 12.1. The van der Waals surface area contributed by atoms with Gasteiger partial charge in [0, 0.05) is 31.1 Å². The molecule has 0 aromatic heterocycles. The highest BCUT2D eigenvalue weighted by Crippen LogP contribution is 2.34. The number of fused-ring (bicyclic) bond motifs is 2. The molecule has 1 aliphatic carbocycles. The van der Waals surface area contributed by atoms with E-state index in [9.17, 15) is 9.59 Å². The Labute approximate surface area is 135 Å². The van der Waals surface area contributed by atoms with E-state index in [1.54, 1.807) is 6.92 Å². The minimum absolute atomic E-state index is 0.0934. The Balaban J connectivity index is 1.74. The summed E-state index contributed by atoms with van der Waals surface area (Å²) < 4.78 is 0. The van der Waals surface area contributed by atoms with E-state index >= 15 is 0 Å². The summed E-state index contributed by atoms with van der Waals surface area (Å²) in [7, 11) is 0. The molecule has 3 heteroatoms. The number of ketones is 1. The molecular formula is C20H19NO2. The van der Waals surface area contributed by atoms with Crippen molar-refractivity contribution in [3.63, 3.8) is 0 Å². The van der Waals surface area contributed by atoms with Gasteiger partial charge in [-0.05, 0) is 59.7 Å². The van der Waals surface area contributed by atoms with Crippen LogP contribution in [0.15, 0.2) is 36.4 Å². The van der Waals surface area contributed by atoms with Gasteiger partial charge in [0.2, 0.25) is 5.91 Å². The number of anilines is 1. The molecule has 0 radical (unpaired) electrons.